The fraction of sp³-hybridized carbons (Fsp3) is 0.158. The molecule has 10 nitrogen and oxygen atoms in total. The smallest absolute Gasteiger partial charge is 0.279 e. The van der Waals surface area contributed by atoms with Crippen LogP contribution in [0.5, 0.6) is 17.2 Å². The number of amides is 1. The van der Waals surface area contributed by atoms with Gasteiger partial charge in [-0.2, -0.15) is 13.5 Å². The Balaban J connectivity index is 1.89. The van der Waals surface area contributed by atoms with Crippen LogP contribution in [0.2, 0.25) is 0 Å². The zero-order valence-electron chi connectivity index (χ0n) is 16.4. The van der Waals surface area contributed by atoms with Crippen LogP contribution in [0.3, 0.4) is 0 Å². The van der Waals surface area contributed by atoms with E-state index in [1.54, 1.807) is 30.3 Å². The monoisotopic (exact) mass is 432 g/mol. The van der Waals surface area contributed by atoms with Crippen molar-refractivity contribution in [3.8, 4) is 17.2 Å². The Morgan fingerprint density at radius 2 is 1.60 bits per heavy atom. The van der Waals surface area contributed by atoms with Crippen LogP contribution >= 0.6 is 0 Å². The average molecular weight is 432 g/mol. The molecule has 2 aromatic carbocycles. The molecule has 1 heterocycles. The van der Waals surface area contributed by atoms with Crippen molar-refractivity contribution in [2.75, 3.05) is 31.4 Å². The number of aromatic amines is 1. The second-order valence-corrected chi connectivity index (χ2v) is 7.57. The van der Waals surface area contributed by atoms with E-state index in [4.69, 9.17) is 14.2 Å². The number of hydrogen-bond donors (Lipinski definition) is 3. The van der Waals surface area contributed by atoms with Gasteiger partial charge in [0.2, 0.25) is 5.75 Å². The number of carbonyl (C=O) groups is 1. The van der Waals surface area contributed by atoms with Crippen molar-refractivity contribution < 1.29 is 27.4 Å². The van der Waals surface area contributed by atoms with E-state index in [0.29, 0.717) is 28.6 Å². The van der Waals surface area contributed by atoms with Crippen molar-refractivity contribution in [3.05, 3.63) is 54.2 Å². The number of hydrogen-bond acceptors (Lipinski definition) is 7. The van der Waals surface area contributed by atoms with Gasteiger partial charge in [-0.25, -0.2) is 0 Å². The Hall–Kier alpha value is -3.73. The number of nitrogens with zero attached hydrogens (tertiary/aromatic N) is 1. The van der Waals surface area contributed by atoms with Gasteiger partial charge in [0.15, 0.2) is 16.5 Å². The van der Waals surface area contributed by atoms with Crippen LogP contribution in [0, 0.1) is 0 Å². The molecule has 0 aliphatic carbocycles. The number of para-hydroxylation sites is 1. The van der Waals surface area contributed by atoms with Gasteiger partial charge >= 0.3 is 0 Å². The molecule has 0 fully saturated rings. The van der Waals surface area contributed by atoms with Crippen molar-refractivity contribution >= 4 is 27.3 Å². The first kappa shape index (κ1) is 21.0. The van der Waals surface area contributed by atoms with E-state index in [0.717, 1.165) is 6.20 Å². The highest BCUT2D eigenvalue weighted by Crippen LogP contribution is 2.40. The molecule has 0 atom stereocenters. The van der Waals surface area contributed by atoms with Crippen LogP contribution in [0.4, 0.5) is 11.4 Å². The summed E-state index contributed by atoms with van der Waals surface area (Å²) in [6.07, 6.45) is 1.13. The molecule has 0 saturated carbocycles. The van der Waals surface area contributed by atoms with E-state index in [1.165, 1.54) is 33.5 Å². The molecular weight excluding hydrogens is 412 g/mol. The average Bonchev–Trinajstić information content (AvgIpc) is 3.24. The third kappa shape index (κ3) is 4.30. The quantitative estimate of drug-likeness (QED) is 0.498. The third-order valence-corrected chi connectivity index (χ3v) is 5.42. The van der Waals surface area contributed by atoms with E-state index in [1.807, 2.05) is 0 Å². The minimum atomic E-state index is -4.07. The highest BCUT2D eigenvalue weighted by Gasteiger charge is 2.26. The summed E-state index contributed by atoms with van der Waals surface area (Å²) in [4.78, 5) is 12.8. The summed E-state index contributed by atoms with van der Waals surface area (Å²) in [6.45, 7) is 0. The number of aromatic nitrogens is 2. The maximum absolute atomic E-state index is 12.8. The molecule has 0 bridgehead atoms. The molecule has 158 valence electrons. The van der Waals surface area contributed by atoms with Gasteiger partial charge in [0.1, 0.15) is 0 Å². The van der Waals surface area contributed by atoms with E-state index >= 15 is 0 Å². The van der Waals surface area contributed by atoms with Gasteiger partial charge in [-0.1, -0.05) is 18.2 Å². The molecule has 0 unspecified atom stereocenters. The van der Waals surface area contributed by atoms with Crippen LogP contribution < -0.4 is 24.2 Å². The lowest BCUT2D eigenvalue weighted by molar-refractivity contribution is 0.102. The second-order valence-electron chi connectivity index (χ2n) is 5.95. The standard InChI is InChI=1S/C19H20N4O6S/c1-27-15-9-13(10-16(28-2)17(15)29-3)21-18(24)14-11-20-22-19(14)30(25,26)23-12-7-5-4-6-8-12/h4-11,23H,1-3H3,(H,20,22)(H,21,24). The van der Waals surface area contributed by atoms with Crippen molar-refractivity contribution in [1.82, 2.24) is 10.2 Å². The number of H-pyrrole nitrogens is 1. The lowest BCUT2D eigenvalue weighted by Crippen LogP contribution is -2.19. The third-order valence-electron chi connectivity index (χ3n) is 4.07. The van der Waals surface area contributed by atoms with Crippen LogP contribution in [0.25, 0.3) is 0 Å². The first-order chi connectivity index (χ1) is 14.4. The summed E-state index contributed by atoms with van der Waals surface area (Å²) in [5.74, 6) is 0.332. The Morgan fingerprint density at radius 3 is 2.17 bits per heavy atom. The zero-order chi connectivity index (χ0) is 21.7. The molecule has 0 radical (unpaired) electrons. The molecule has 0 aliphatic rings. The topological polar surface area (TPSA) is 132 Å². The fourth-order valence-corrected chi connectivity index (χ4v) is 3.86. The Bertz CT molecular complexity index is 1120. The summed E-state index contributed by atoms with van der Waals surface area (Å²) >= 11 is 0. The van der Waals surface area contributed by atoms with E-state index in [2.05, 4.69) is 20.2 Å². The number of carbonyl (C=O) groups excluding carboxylic acids is 1. The molecule has 1 aromatic heterocycles. The van der Waals surface area contributed by atoms with Crippen LogP contribution in [-0.2, 0) is 10.0 Å². The van der Waals surface area contributed by atoms with Gasteiger partial charge in [-0.15, -0.1) is 0 Å². The molecule has 3 aromatic rings. The fourth-order valence-electron chi connectivity index (χ4n) is 2.70. The normalized spacial score (nSPS) is 10.9. The zero-order valence-corrected chi connectivity index (χ0v) is 17.2. The highest BCUT2D eigenvalue weighted by atomic mass is 32.2. The van der Waals surface area contributed by atoms with Gasteiger partial charge in [0.25, 0.3) is 15.9 Å². The number of rotatable bonds is 8. The minimum Gasteiger partial charge on any atom is -0.493 e. The largest absolute Gasteiger partial charge is 0.493 e. The van der Waals surface area contributed by atoms with Gasteiger partial charge < -0.3 is 19.5 Å². The molecule has 0 aliphatic heterocycles. The van der Waals surface area contributed by atoms with Crippen molar-refractivity contribution in [2.24, 2.45) is 0 Å². The predicted octanol–water partition coefficient (Wildman–Crippen LogP) is 2.49. The summed E-state index contributed by atoms with van der Waals surface area (Å²) in [6, 6.07) is 11.3. The number of methoxy groups -OCH3 is 3. The predicted molar refractivity (Wildman–Crippen MR) is 110 cm³/mol. The number of anilines is 2. The number of nitrogens with one attached hydrogen (secondary N) is 3. The number of benzene rings is 2. The van der Waals surface area contributed by atoms with Crippen molar-refractivity contribution in [1.29, 1.82) is 0 Å². The first-order valence-corrected chi connectivity index (χ1v) is 10.1. The number of ether oxygens (including phenoxy) is 3. The van der Waals surface area contributed by atoms with Gasteiger partial charge in [0, 0.05) is 23.5 Å². The van der Waals surface area contributed by atoms with Crippen LogP contribution in [0.1, 0.15) is 10.4 Å². The van der Waals surface area contributed by atoms with Gasteiger partial charge in [-0.05, 0) is 12.1 Å². The molecule has 30 heavy (non-hydrogen) atoms. The SMILES string of the molecule is COc1cc(NC(=O)c2cn[nH]c2S(=O)(=O)Nc2ccccc2)cc(OC)c1OC. The Morgan fingerprint density at radius 1 is 0.967 bits per heavy atom. The summed E-state index contributed by atoms with van der Waals surface area (Å²) in [5, 5.41) is 8.33. The Kier molecular flexibility index (Phi) is 6.11. The van der Waals surface area contributed by atoms with E-state index in [-0.39, 0.29) is 10.6 Å². The van der Waals surface area contributed by atoms with Crippen molar-refractivity contribution in [2.45, 2.75) is 5.03 Å². The molecule has 1 amide bonds. The summed E-state index contributed by atoms with van der Waals surface area (Å²) in [7, 11) is 0.273. The van der Waals surface area contributed by atoms with Crippen molar-refractivity contribution in [3.63, 3.8) is 0 Å². The molecule has 11 heteroatoms. The maximum Gasteiger partial charge on any atom is 0.279 e. The highest BCUT2D eigenvalue weighted by molar-refractivity contribution is 7.92. The molecule has 0 spiro atoms. The van der Waals surface area contributed by atoms with Gasteiger partial charge in [0.05, 0.1) is 33.1 Å². The molecule has 0 saturated heterocycles. The van der Waals surface area contributed by atoms with E-state index < -0.39 is 15.9 Å². The molecule has 3 N–H and O–H groups in total. The second kappa shape index (κ2) is 8.74. The van der Waals surface area contributed by atoms with Crippen LogP contribution in [-0.4, -0.2) is 45.9 Å². The van der Waals surface area contributed by atoms with E-state index in [9.17, 15) is 13.2 Å². The lowest BCUT2D eigenvalue weighted by atomic mass is 10.2. The van der Waals surface area contributed by atoms with Gasteiger partial charge in [-0.3, -0.25) is 14.6 Å². The Labute approximate surface area is 173 Å². The lowest BCUT2D eigenvalue weighted by Gasteiger charge is -2.14. The maximum atomic E-state index is 12.8. The van der Waals surface area contributed by atoms with Crippen LogP contribution in [0.15, 0.2) is 53.7 Å². The number of sulfonamides is 1. The summed E-state index contributed by atoms with van der Waals surface area (Å²) < 4.78 is 43.6. The minimum absolute atomic E-state index is 0.160. The molecular formula is C19H20N4O6S. The first-order valence-electron chi connectivity index (χ1n) is 8.62. The summed E-state index contributed by atoms with van der Waals surface area (Å²) in [5.41, 5.74) is 0.505. The molecule has 3 rings (SSSR count).